The van der Waals surface area contributed by atoms with Crippen molar-refractivity contribution in [2.75, 3.05) is 0 Å². The third-order valence-electron chi connectivity index (χ3n) is 10.6. The van der Waals surface area contributed by atoms with Gasteiger partial charge in [-0.05, 0) is 118 Å². The minimum absolute atomic E-state index is 0.635. The second kappa shape index (κ2) is 16.2. The summed E-state index contributed by atoms with van der Waals surface area (Å²) < 4.78 is 0. The smallest absolute Gasteiger partial charge is 0.00155 e. The van der Waals surface area contributed by atoms with Gasteiger partial charge in [0.05, 0.1) is 0 Å². The van der Waals surface area contributed by atoms with Gasteiger partial charge in [0.2, 0.25) is 0 Å². The molecule has 0 atom stereocenters. The van der Waals surface area contributed by atoms with E-state index in [1.165, 1.54) is 87.8 Å². The number of aryl methyl sites for hydroxylation is 4. The van der Waals surface area contributed by atoms with Gasteiger partial charge in [0.1, 0.15) is 0 Å². The predicted octanol–water partition coefficient (Wildman–Crippen LogP) is 13.9. The summed E-state index contributed by atoms with van der Waals surface area (Å²) in [7, 11) is -1.27. The van der Waals surface area contributed by atoms with Crippen LogP contribution in [0.25, 0.3) is 32.7 Å². The first-order chi connectivity index (χ1) is 26.4. The molecule has 8 rings (SSSR count). The van der Waals surface area contributed by atoms with Crippen LogP contribution in [-0.4, -0.2) is 0 Å². The first-order valence-corrected chi connectivity index (χ1v) is 22.6. The summed E-state index contributed by atoms with van der Waals surface area (Å²) in [4.78, 5) is 0. The molecule has 8 aromatic rings. The standard InChI is InChI=1S/C52H48P2/c1-37-13-9-17-41(29-37)33-53(34-42-18-10-14-38(2)30-42)49-27-25-45-21-5-7-23-47(45)51(49)52-48-24-8-6-22-46(48)26-28-50(52)54(35-43-19-11-15-39(3)31-43)36-44-20-12-16-40(4)32-44/h5-32H,33-36H2,1-4H3. The third kappa shape index (κ3) is 8.12. The van der Waals surface area contributed by atoms with Crippen LogP contribution in [0.4, 0.5) is 0 Å². The topological polar surface area (TPSA) is 0 Å². The van der Waals surface area contributed by atoms with Crippen LogP contribution in [0.2, 0.25) is 0 Å². The molecule has 0 bridgehead atoms. The molecule has 0 fully saturated rings. The van der Waals surface area contributed by atoms with Crippen molar-refractivity contribution in [3.05, 3.63) is 214 Å². The summed E-state index contributed by atoms with van der Waals surface area (Å²) >= 11 is 0. The Morgan fingerprint density at radius 3 is 0.944 bits per heavy atom. The molecule has 0 N–H and O–H groups in total. The Morgan fingerprint density at radius 1 is 0.315 bits per heavy atom. The van der Waals surface area contributed by atoms with Gasteiger partial charge in [0.15, 0.2) is 0 Å². The molecule has 0 aliphatic rings. The Labute approximate surface area is 324 Å². The van der Waals surface area contributed by atoms with Crippen LogP contribution in [0, 0.1) is 27.7 Å². The summed E-state index contributed by atoms with van der Waals surface area (Å²) in [6.45, 7) is 8.89. The fraction of sp³-hybridized carbons (Fsp3) is 0.154. The molecule has 0 heterocycles. The second-order valence-electron chi connectivity index (χ2n) is 15.0. The van der Waals surface area contributed by atoms with Crippen LogP contribution in [0.5, 0.6) is 0 Å². The molecular weight excluding hydrogens is 687 g/mol. The van der Waals surface area contributed by atoms with Crippen molar-refractivity contribution in [1.82, 2.24) is 0 Å². The predicted molar refractivity (Wildman–Crippen MR) is 240 cm³/mol. The monoisotopic (exact) mass is 734 g/mol. The molecule has 54 heavy (non-hydrogen) atoms. The van der Waals surface area contributed by atoms with E-state index in [2.05, 4.69) is 198 Å². The lowest BCUT2D eigenvalue weighted by molar-refractivity contribution is 1.29. The molecule has 0 aromatic heterocycles. The number of benzene rings is 8. The van der Waals surface area contributed by atoms with Gasteiger partial charge >= 0.3 is 0 Å². The Bertz CT molecular complexity index is 2310. The number of rotatable bonds is 11. The van der Waals surface area contributed by atoms with Crippen LogP contribution in [0.1, 0.15) is 44.5 Å². The van der Waals surface area contributed by atoms with Crippen molar-refractivity contribution in [3.8, 4) is 11.1 Å². The van der Waals surface area contributed by atoms with Gasteiger partial charge < -0.3 is 0 Å². The van der Waals surface area contributed by atoms with E-state index in [0.717, 1.165) is 24.6 Å². The molecule has 8 aromatic carbocycles. The highest BCUT2D eigenvalue weighted by Crippen LogP contribution is 2.51. The molecular formula is C52H48P2. The van der Waals surface area contributed by atoms with E-state index in [1.54, 1.807) is 0 Å². The summed E-state index contributed by atoms with van der Waals surface area (Å²) in [5.74, 6) is 0. The zero-order chi connectivity index (χ0) is 37.0. The molecule has 0 unspecified atom stereocenters. The third-order valence-corrected chi connectivity index (χ3v) is 15.7. The van der Waals surface area contributed by atoms with E-state index < -0.39 is 15.8 Å². The average molecular weight is 735 g/mol. The summed E-state index contributed by atoms with van der Waals surface area (Å²) in [6.07, 6.45) is 4.16. The Balaban J connectivity index is 1.40. The zero-order valence-electron chi connectivity index (χ0n) is 31.9. The highest BCUT2D eigenvalue weighted by Gasteiger charge is 2.26. The van der Waals surface area contributed by atoms with Crippen LogP contribution in [-0.2, 0) is 24.6 Å². The van der Waals surface area contributed by atoms with Crippen molar-refractivity contribution in [1.29, 1.82) is 0 Å². The van der Waals surface area contributed by atoms with Gasteiger partial charge in [0, 0.05) is 0 Å². The van der Waals surface area contributed by atoms with Crippen molar-refractivity contribution in [2.45, 2.75) is 52.3 Å². The van der Waals surface area contributed by atoms with Gasteiger partial charge in [0.25, 0.3) is 0 Å². The molecule has 266 valence electrons. The minimum Gasteiger partial charge on any atom is -0.0657 e. The first-order valence-electron chi connectivity index (χ1n) is 19.1. The number of fused-ring (bicyclic) bond motifs is 2. The molecule has 0 radical (unpaired) electrons. The average Bonchev–Trinajstić information content (AvgIpc) is 3.17. The molecule has 0 aliphatic heterocycles. The molecule has 0 spiro atoms. The van der Waals surface area contributed by atoms with E-state index in [-0.39, 0.29) is 0 Å². The number of hydrogen-bond acceptors (Lipinski definition) is 0. The van der Waals surface area contributed by atoms with Gasteiger partial charge in [-0.25, -0.2) is 0 Å². The summed E-state index contributed by atoms with van der Waals surface area (Å²) in [5.41, 5.74) is 13.9. The quantitative estimate of drug-likeness (QED) is 0.116. The van der Waals surface area contributed by atoms with Crippen molar-refractivity contribution < 1.29 is 0 Å². The van der Waals surface area contributed by atoms with E-state index >= 15 is 0 Å². The fourth-order valence-corrected chi connectivity index (χ4v) is 13.3. The summed E-state index contributed by atoms with van der Waals surface area (Å²) in [6, 6.07) is 64.8. The largest absolute Gasteiger partial charge is 0.0657 e. The van der Waals surface area contributed by atoms with Crippen molar-refractivity contribution in [2.24, 2.45) is 0 Å². The van der Waals surface area contributed by atoms with Crippen LogP contribution < -0.4 is 10.6 Å². The molecule has 0 amide bonds. The molecule has 2 heteroatoms. The fourth-order valence-electron chi connectivity index (χ4n) is 8.15. The highest BCUT2D eigenvalue weighted by molar-refractivity contribution is 7.65. The summed E-state index contributed by atoms with van der Waals surface area (Å²) in [5, 5.41) is 8.33. The Kier molecular flexibility index (Phi) is 10.9. The Morgan fingerprint density at radius 2 is 0.630 bits per heavy atom. The highest BCUT2D eigenvalue weighted by atomic mass is 31.1. The SMILES string of the molecule is Cc1cccc(CP(Cc2cccc(C)c2)c2ccc3ccccc3c2-c2c(P(Cc3cccc(C)c3)Cc3cccc(C)c3)ccc3ccccc23)c1. The Hall–Kier alpha value is -4.86. The van der Waals surface area contributed by atoms with Gasteiger partial charge in [-0.3, -0.25) is 0 Å². The van der Waals surface area contributed by atoms with E-state index in [1.807, 2.05) is 0 Å². The molecule has 0 saturated carbocycles. The van der Waals surface area contributed by atoms with E-state index in [9.17, 15) is 0 Å². The van der Waals surface area contributed by atoms with E-state index in [0.29, 0.717) is 0 Å². The van der Waals surface area contributed by atoms with Crippen LogP contribution >= 0.6 is 15.8 Å². The molecule has 0 nitrogen and oxygen atoms in total. The van der Waals surface area contributed by atoms with Gasteiger partial charge in [-0.2, -0.15) is 0 Å². The van der Waals surface area contributed by atoms with Crippen LogP contribution in [0.15, 0.2) is 170 Å². The minimum atomic E-state index is -0.635. The lowest BCUT2D eigenvalue weighted by Gasteiger charge is -2.28. The maximum absolute atomic E-state index is 2.50. The van der Waals surface area contributed by atoms with Gasteiger partial charge in [-0.1, -0.05) is 208 Å². The van der Waals surface area contributed by atoms with Crippen molar-refractivity contribution >= 4 is 48.0 Å². The zero-order valence-corrected chi connectivity index (χ0v) is 33.7. The molecule has 0 saturated heterocycles. The normalized spacial score (nSPS) is 11.6. The van der Waals surface area contributed by atoms with Crippen LogP contribution in [0.3, 0.4) is 0 Å². The number of hydrogen-bond donors (Lipinski definition) is 0. The van der Waals surface area contributed by atoms with E-state index in [4.69, 9.17) is 0 Å². The maximum atomic E-state index is 2.50. The van der Waals surface area contributed by atoms with Crippen molar-refractivity contribution in [3.63, 3.8) is 0 Å². The van der Waals surface area contributed by atoms with Gasteiger partial charge in [-0.15, -0.1) is 0 Å². The second-order valence-corrected chi connectivity index (χ2v) is 19.4. The maximum Gasteiger partial charge on any atom is -0.00155 e. The first kappa shape index (κ1) is 36.1. The molecule has 0 aliphatic carbocycles. The lowest BCUT2D eigenvalue weighted by Crippen LogP contribution is -2.16. The lowest BCUT2D eigenvalue weighted by atomic mass is 9.93.